The van der Waals surface area contributed by atoms with Crippen LogP contribution in [0, 0.1) is 0 Å². The zero-order valence-electron chi connectivity index (χ0n) is 12.9. The van der Waals surface area contributed by atoms with Crippen molar-refractivity contribution in [3.63, 3.8) is 0 Å². The standard InChI is InChI=1S/C17H26N2O2/c1-2-14-5-7-16(8-6-14)21-13-3-4-17(20)19-11-9-15(18)10-12-19/h5-8,15H,2-4,9-13,18H2,1H3. The van der Waals surface area contributed by atoms with Crippen LogP contribution in [0.25, 0.3) is 0 Å². The molecule has 0 unspecified atom stereocenters. The Balaban J connectivity index is 1.63. The topological polar surface area (TPSA) is 55.6 Å². The van der Waals surface area contributed by atoms with Crippen LogP contribution in [0.3, 0.4) is 0 Å². The van der Waals surface area contributed by atoms with E-state index in [1.54, 1.807) is 0 Å². The fourth-order valence-corrected chi connectivity index (χ4v) is 2.54. The first-order valence-corrected chi connectivity index (χ1v) is 7.94. The summed E-state index contributed by atoms with van der Waals surface area (Å²) in [5, 5.41) is 0. The number of carbonyl (C=O) groups is 1. The van der Waals surface area contributed by atoms with E-state index < -0.39 is 0 Å². The van der Waals surface area contributed by atoms with Gasteiger partial charge in [-0.1, -0.05) is 19.1 Å². The van der Waals surface area contributed by atoms with Crippen LogP contribution >= 0.6 is 0 Å². The maximum atomic E-state index is 12.0. The van der Waals surface area contributed by atoms with E-state index in [-0.39, 0.29) is 11.9 Å². The molecule has 1 fully saturated rings. The summed E-state index contributed by atoms with van der Waals surface area (Å²) in [4.78, 5) is 14.0. The van der Waals surface area contributed by atoms with Crippen molar-refractivity contribution in [2.75, 3.05) is 19.7 Å². The Labute approximate surface area is 127 Å². The highest BCUT2D eigenvalue weighted by molar-refractivity contribution is 5.76. The van der Waals surface area contributed by atoms with Gasteiger partial charge in [0.15, 0.2) is 0 Å². The molecule has 4 heteroatoms. The first-order chi connectivity index (χ1) is 10.2. The van der Waals surface area contributed by atoms with E-state index in [2.05, 4.69) is 19.1 Å². The lowest BCUT2D eigenvalue weighted by Crippen LogP contribution is -2.42. The second-order valence-electron chi connectivity index (χ2n) is 5.67. The first kappa shape index (κ1) is 15.8. The molecule has 1 aromatic rings. The average Bonchev–Trinajstić information content (AvgIpc) is 2.52. The molecule has 0 saturated carbocycles. The lowest BCUT2D eigenvalue weighted by molar-refractivity contribution is -0.132. The predicted molar refractivity (Wildman–Crippen MR) is 84.3 cm³/mol. The summed E-state index contributed by atoms with van der Waals surface area (Å²) >= 11 is 0. The molecule has 1 aliphatic heterocycles. The van der Waals surface area contributed by atoms with Crippen molar-refractivity contribution in [1.82, 2.24) is 4.90 Å². The van der Waals surface area contributed by atoms with Crippen LogP contribution in [0.15, 0.2) is 24.3 Å². The number of amides is 1. The second-order valence-corrected chi connectivity index (χ2v) is 5.67. The maximum absolute atomic E-state index is 12.0. The van der Waals surface area contributed by atoms with Gasteiger partial charge in [-0.25, -0.2) is 0 Å². The highest BCUT2D eigenvalue weighted by Crippen LogP contribution is 2.14. The van der Waals surface area contributed by atoms with E-state index in [1.807, 2.05) is 17.0 Å². The molecular weight excluding hydrogens is 264 g/mol. The Kier molecular flexibility index (Phi) is 6.05. The van der Waals surface area contributed by atoms with E-state index in [4.69, 9.17) is 10.5 Å². The number of rotatable bonds is 6. The Morgan fingerprint density at radius 2 is 1.95 bits per heavy atom. The summed E-state index contributed by atoms with van der Waals surface area (Å²) in [6.45, 7) is 4.33. The molecular formula is C17H26N2O2. The third-order valence-electron chi connectivity index (χ3n) is 4.03. The molecule has 116 valence electrons. The molecule has 0 radical (unpaired) electrons. The highest BCUT2D eigenvalue weighted by Gasteiger charge is 2.19. The van der Waals surface area contributed by atoms with Gasteiger partial charge >= 0.3 is 0 Å². The van der Waals surface area contributed by atoms with Crippen molar-refractivity contribution in [3.8, 4) is 5.75 Å². The molecule has 4 nitrogen and oxygen atoms in total. The smallest absolute Gasteiger partial charge is 0.222 e. The van der Waals surface area contributed by atoms with E-state index in [9.17, 15) is 4.79 Å². The Hall–Kier alpha value is -1.55. The Morgan fingerprint density at radius 3 is 2.57 bits per heavy atom. The Bertz CT molecular complexity index is 437. The lowest BCUT2D eigenvalue weighted by atomic mass is 10.1. The van der Waals surface area contributed by atoms with Crippen LogP contribution in [0.2, 0.25) is 0 Å². The largest absolute Gasteiger partial charge is 0.494 e. The lowest BCUT2D eigenvalue weighted by Gasteiger charge is -2.30. The highest BCUT2D eigenvalue weighted by atomic mass is 16.5. The average molecular weight is 290 g/mol. The minimum atomic E-state index is 0.229. The number of nitrogens with zero attached hydrogens (tertiary/aromatic N) is 1. The number of hydrogen-bond acceptors (Lipinski definition) is 3. The summed E-state index contributed by atoms with van der Waals surface area (Å²) in [6, 6.07) is 8.41. The molecule has 0 bridgehead atoms. The van der Waals surface area contributed by atoms with Gasteiger partial charge in [0.25, 0.3) is 0 Å². The molecule has 1 aromatic carbocycles. The minimum absolute atomic E-state index is 0.229. The number of benzene rings is 1. The van der Waals surface area contributed by atoms with Gasteiger partial charge in [-0.15, -0.1) is 0 Å². The van der Waals surface area contributed by atoms with E-state index in [0.29, 0.717) is 13.0 Å². The summed E-state index contributed by atoms with van der Waals surface area (Å²) in [5.41, 5.74) is 7.15. The number of piperidine rings is 1. The van der Waals surface area contributed by atoms with Gasteiger partial charge in [0, 0.05) is 25.6 Å². The third-order valence-corrected chi connectivity index (χ3v) is 4.03. The predicted octanol–water partition coefficient (Wildman–Crippen LogP) is 2.36. The van der Waals surface area contributed by atoms with Crippen molar-refractivity contribution in [1.29, 1.82) is 0 Å². The number of aryl methyl sites for hydroxylation is 1. The molecule has 0 spiro atoms. The van der Waals surface area contributed by atoms with Crippen LogP contribution in [-0.4, -0.2) is 36.5 Å². The van der Waals surface area contributed by atoms with Crippen molar-refractivity contribution in [2.24, 2.45) is 5.73 Å². The molecule has 2 N–H and O–H groups in total. The van der Waals surface area contributed by atoms with Crippen LogP contribution in [0.4, 0.5) is 0 Å². The van der Waals surface area contributed by atoms with Crippen molar-refractivity contribution in [3.05, 3.63) is 29.8 Å². The van der Waals surface area contributed by atoms with Gasteiger partial charge in [-0.3, -0.25) is 4.79 Å². The van der Waals surface area contributed by atoms with E-state index in [0.717, 1.165) is 44.5 Å². The molecule has 1 amide bonds. The number of carbonyl (C=O) groups excluding carboxylic acids is 1. The van der Waals surface area contributed by atoms with E-state index >= 15 is 0 Å². The van der Waals surface area contributed by atoms with Crippen LogP contribution in [0.1, 0.15) is 38.2 Å². The third kappa shape index (κ3) is 5.05. The summed E-state index contributed by atoms with van der Waals surface area (Å²) in [5.74, 6) is 1.11. The van der Waals surface area contributed by atoms with Gasteiger partial charge in [0.1, 0.15) is 5.75 Å². The van der Waals surface area contributed by atoms with Gasteiger partial charge in [-0.2, -0.15) is 0 Å². The molecule has 0 aliphatic carbocycles. The molecule has 0 aromatic heterocycles. The zero-order valence-corrected chi connectivity index (χ0v) is 12.9. The summed E-state index contributed by atoms with van der Waals surface area (Å²) < 4.78 is 5.67. The van der Waals surface area contributed by atoms with Gasteiger partial charge < -0.3 is 15.4 Å². The fourth-order valence-electron chi connectivity index (χ4n) is 2.54. The molecule has 1 aliphatic rings. The zero-order chi connectivity index (χ0) is 15.1. The van der Waals surface area contributed by atoms with Crippen LogP contribution in [0.5, 0.6) is 5.75 Å². The quantitative estimate of drug-likeness (QED) is 0.818. The maximum Gasteiger partial charge on any atom is 0.222 e. The number of ether oxygens (including phenoxy) is 1. The molecule has 1 saturated heterocycles. The fraction of sp³-hybridized carbons (Fsp3) is 0.588. The van der Waals surface area contributed by atoms with E-state index in [1.165, 1.54) is 5.56 Å². The Morgan fingerprint density at radius 1 is 1.29 bits per heavy atom. The van der Waals surface area contributed by atoms with Gasteiger partial charge in [0.05, 0.1) is 6.61 Å². The van der Waals surface area contributed by atoms with Crippen molar-refractivity contribution in [2.45, 2.75) is 45.1 Å². The normalized spacial score (nSPS) is 16.0. The van der Waals surface area contributed by atoms with Crippen molar-refractivity contribution >= 4 is 5.91 Å². The number of hydrogen-bond donors (Lipinski definition) is 1. The SMILES string of the molecule is CCc1ccc(OCCCC(=O)N2CCC(N)CC2)cc1. The monoisotopic (exact) mass is 290 g/mol. The molecule has 2 rings (SSSR count). The first-order valence-electron chi connectivity index (χ1n) is 7.94. The van der Waals surface area contributed by atoms with Crippen molar-refractivity contribution < 1.29 is 9.53 Å². The summed E-state index contributed by atoms with van der Waals surface area (Å²) in [7, 11) is 0. The van der Waals surface area contributed by atoms with Crippen LogP contribution in [-0.2, 0) is 11.2 Å². The molecule has 1 heterocycles. The number of likely N-dealkylation sites (tertiary alicyclic amines) is 1. The molecule has 21 heavy (non-hydrogen) atoms. The second kappa shape index (κ2) is 8.03. The minimum Gasteiger partial charge on any atom is -0.494 e. The number of nitrogens with two attached hydrogens (primary N) is 1. The summed E-state index contributed by atoms with van der Waals surface area (Å²) in [6.07, 6.45) is 4.20. The van der Waals surface area contributed by atoms with Gasteiger partial charge in [0.2, 0.25) is 5.91 Å². The van der Waals surface area contributed by atoms with Crippen LogP contribution < -0.4 is 10.5 Å². The molecule has 0 atom stereocenters. The van der Waals surface area contributed by atoms with Gasteiger partial charge in [-0.05, 0) is 43.4 Å².